The molecule has 3 aromatic heterocycles. The van der Waals surface area contributed by atoms with E-state index in [1.807, 2.05) is 78.6 Å². The van der Waals surface area contributed by atoms with Crippen LogP contribution in [-0.2, 0) is 6.54 Å². The van der Waals surface area contributed by atoms with E-state index in [1.165, 1.54) is 0 Å². The largest absolute Gasteiger partial charge is 0.336 e. The molecule has 0 unspecified atom stereocenters. The summed E-state index contributed by atoms with van der Waals surface area (Å²) in [6.45, 7) is 0.594. The van der Waals surface area contributed by atoms with Crippen LogP contribution in [0, 0.1) is 0 Å². The van der Waals surface area contributed by atoms with Crippen molar-refractivity contribution in [1.82, 2.24) is 14.7 Å². The maximum absolute atomic E-state index is 13.1. The van der Waals surface area contributed by atoms with Gasteiger partial charge in [0, 0.05) is 18.1 Å². The normalized spacial score (nSPS) is 10.8. The summed E-state index contributed by atoms with van der Waals surface area (Å²) in [6, 6.07) is 17.9. The molecule has 0 bridgehead atoms. The number of rotatable bonds is 5. The molecule has 0 aliphatic carbocycles. The van der Waals surface area contributed by atoms with Crippen LogP contribution in [0.15, 0.2) is 71.6 Å². The van der Waals surface area contributed by atoms with Crippen LogP contribution in [0.2, 0.25) is 0 Å². The Morgan fingerprint density at radius 2 is 1.81 bits per heavy atom. The minimum atomic E-state index is -0.0241. The molecule has 4 nitrogen and oxygen atoms in total. The van der Waals surface area contributed by atoms with E-state index in [0.29, 0.717) is 12.1 Å². The van der Waals surface area contributed by atoms with E-state index in [2.05, 4.69) is 0 Å². The molecule has 4 aromatic rings. The Morgan fingerprint density at radius 3 is 2.50 bits per heavy atom. The zero-order valence-corrected chi connectivity index (χ0v) is 15.8. The molecule has 1 aromatic carbocycles. The van der Waals surface area contributed by atoms with Gasteiger partial charge in [-0.1, -0.05) is 30.3 Å². The molecule has 0 fully saturated rings. The quantitative estimate of drug-likeness (QED) is 0.493. The first-order chi connectivity index (χ1) is 12.7. The molecule has 0 aliphatic rings. The van der Waals surface area contributed by atoms with Crippen molar-refractivity contribution in [3.05, 3.63) is 82.0 Å². The molecule has 26 heavy (non-hydrogen) atoms. The minimum Gasteiger partial charge on any atom is -0.336 e. The first-order valence-electron chi connectivity index (χ1n) is 8.19. The smallest absolute Gasteiger partial charge is 0.257 e. The Hall–Kier alpha value is -2.70. The van der Waals surface area contributed by atoms with Gasteiger partial charge in [-0.05, 0) is 35.0 Å². The third-order valence-corrected chi connectivity index (χ3v) is 5.78. The summed E-state index contributed by atoms with van der Waals surface area (Å²) in [5, 5.41) is 8.73. The SMILES string of the molecule is CN(Cc1cccs1)C(=O)c1cn(-c2ccccc2)nc1-c1cccs1. The fourth-order valence-corrected chi connectivity index (χ4v) is 4.23. The molecule has 6 heteroatoms. The van der Waals surface area contributed by atoms with E-state index >= 15 is 0 Å². The predicted octanol–water partition coefficient (Wildman–Crippen LogP) is 4.93. The van der Waals surface area contributed by atoms with Crippen molar-refractivity contribution in [1.29, 1.82) is 0 Å². The number of nitrogens with zero attached hydrogens (tertiary/aromatic N) is 3. The lowest BCUT2D eigenvalue weighted by Crippen LogP contribution is -2.25. The third kappa shape index (κ3) is 3.34. The van der Waals surface area contributed by atoms with E-state index in [4.69, 9.17) is 5.10 Å². The number of carbonyl (C=O) groups excluding carboxylic acids is 1. The molecule has 0 aliphatic heterocycles. The van der Waals surface area contributed by atoms with Crippen LogP contribution in [0.3, 0.4) is 0 Å². The maximum Gasteiger partial charge on any atom is 0.257 e. The standard InChI is InChI=1S/C20H17N3OS2/c1-22(13-16-9-5-11-25-16)20(24)17-14-23(15-7-3-2-4-8-15)21-19(17)18-10-6-12-26-18/h2-12,14H,13H2,1H3. The number of para-hydroxylation sites is 1. The first-order valence-corrected chi connectivity index (χ1v) is 9.95. The van der Waals surface area contributed by atoms with Gasteiger partial charge in [0.05, 0.1) is 22.7 Å². The van der Waals surface area contributed by atoms with Crippen molar-refractivity contribution in [2.75, 3.05) is 7.05 Å². The summed E-state index contributed by atoms with van der Waals surface area (Å²) < 4.78 is 1.78. The number of hydrogen-bond acceptors (Lipinski definition) is 4. The van der Waals surface area contributed by atoms with Gasteiger partial charge < -0.3 is 4.90 Å². The fourth-order valence-electron chi connectivity index (χ4n) is 2.75. The number of benzene rings is 1. The molecular weight excluding hydrogens is 362 g/mol. The average Bonchev–Trinajstić information content (AvgIpc) is 3.42. The number of hydrogen-bond donors (Lipinski definition) is 0. The second-order valence-electron chi connectivity index (χ2n) is 5.89. The van der Waals surface area contributed by atoms with Gasteiger partial charge in [0.15, 0.2) is 0 Å². The van der Waals surface area contributed by atoms with E-state index in [1.54, 1.807) is 32.3 Å². The Labute approximate surface area is 160 Å². The molecule has 1 amide bonds. The highest BCUT2D eigenvalue weighted by Crippen LogP contribution is 2.29. The number of thiophene rings is 2. The molecule has 0 N–H and O–H groups in total. The van der Waals surface area contributed by atoms with Crippen LogP contribution in [-0.4, -0.2) is 27.6 Å². The van der Waals surface area contributed by atoms with Gasteiger partial charge in [-0.2, -0.15) is 5.10 Å². The number of amides is 1. The van der Waals surface area contributed by atoms with Crippen molar-refractivity contribution < 1.29 is 4.79 Å². The number of aromatic nitrogens is 2. The molecule has 0 saturated carbocycles. The lowest BCUT2D eigenvalue weighted by molar-refractivity contribution is 0.0787. The zero-order valence-electron chi connectivity index (χ0n) is 14.2. The first kappa shape index (κ1) is 16.8. The molecule has 0 radical (unpaired) electrons. The van der Waals surface area contributed by atoms with E-state index in [-0.39, 0.29) is 5.91 Å². The topological polar surface area (TPSA) is 38.1 Å². The van der Waals surface area contributed by atoms with E-state index in [9.17, 15) is 4.79 Å². The van der Waals surface area contributed by atoms with Gasteiger partial charge in [0.1, 0.15) is 5.69 Å². The average molecular weight is 380 g/mol. The molecule has 130 valence electrons. The van der Waals surface area contributed by atoms with Crippen LogP contribution >= 0.6 is 22.7 Å². The predicted molar refractivity (Wildman–Crippen MR) is 107 cm³/mol. The fraction of sp³-hybridized carbons (Fsp3) is 0.100. The highest BCUT2D eigenvalue weighted by molar-refractivity contribution is 7.13. The van der Waals surface area contributed by atoms with Crippen molar-refractivity contribution in [2.45, 2.75) is 6.54 Å². The van der Waals surface area contributed by atoms with E-state index in [0.717, 1.165) is 21.1 Å². The Morgan fingerprint density at radius 1 is 1.04 bits per heavy atom. The minimum absolute atomic E-state index is 0.0241. The van der Waals surface area contributed by atoms with Gasteiger partial charge in [-0.25, -0.2) is 4.68 Å². The summed E-state index contributed by atoms with van der Waals surface area (Å²) in [5.41, 5.74) is 2.28. The Bertz CT molecular complexity index is 989. The summed E-state index contributed by atoms with van der Waals surface area (Å²) in [6.07, 6.45) is 1.83. The lowest BCUT2D eigenvalue weighted by Gasteiger charge is -2.15. The van der Waals surface area contributed by atoms with Gasteiger partial charge in [-0.3, -0.25) is 4.79 Å². The van der Waals surface area contributed by atoms with Crippen LogP contribution in [0.1, 0.15) is 15.2 Å². The highest BCUT2D eigenvalue weighted by Gasteiger charge is 2.22. The monoisotopic (exact) mass is 379 g/mol. The zero-order chi connectivity index (χ0) is 17.9. The molecular formula is C20H17N3OS2. The van der Waals surface area contributed by atoms with E-state index < -0.39 is 0 Å². The number of carbonyl (C=O) groups is 1. The molecule has 0 spiro atoms. The summed E-state index contributed by atoms with van der Waals surface area (Å²) in [4.78, 5) is 17.0. The highest BCUT2D eigenvalue weighted by atomic mass is 32.1. The summed E-state index contributed by atoms with van der Waals surface area (Å²) >= 11 is 3.24. The van der Waals surface area contributed by atoms with Crippen molar-refractivity contribution in [3.63, 3.8) is 0 Å². The van der Waals surface area contributed by atoms with Gasteiger partial charge in [0.25, 0.3) is 5.91 Å². The lowest BCUT2D eigenvalue weighted by atomic mass is 10.2. The van der Waals surface area contributed by atoms with Crippen molar-refractivity contribution in [3.8, 4) is 16.3 Å². The van der Waals surface area contributed by atoms with Crippen LogP contribution in [0.25, 0.3) is 16.3 Å². The van der Waals surface area contributed by atoms with Gasteiger partial charge >= 0.3 is 0 Å². The van der Waals surface area contributed by atoms with Crippen LogP contribution in [0.5, 0.6) is 0 Å². The van der Waals surface area contributed by atoms with Crippen molar-refractivity contribution in [2.24, 2.45) is 0 Å². The second kappa shape index (κ2) is 7.27. The van der Waals surface area contributed by atoms with Crippen molar-refractivity contribution >= 4 is 28.6 Å². The molecule has 3 heterocycles. The Kier molecular flexibility index (Phi) is 4.69. The third-order valence-electron chi connectivity index (χ3n) is 4.04. The summed E-state index contributed by atoms with van der Waals surface area (Å²) in [7, 11) is 1.83. The van der Waals surface area contributed by atoms with Gasteiger partial charge in [0.2, 0.25) is 0 Å². The summed E-state index contributed by atoms with van der Waals surface area (Å²) in [5.74, 6) is -0.0241. The van der Waals surface area contributed by atoms with Crippen LogP contribution in [0.4, 0.5) is 0 Å². The molecule has 0 saturated heterocycles. The van der Waals surface area contributed by atoms with Crippen LogP contribution < -0.4 is 0 Å². The Balaban J connectivity index is 1.71. The molecule has 0 atom stereocenters. The second-order valence-corrected chi connectivity index (χ2v) is 7.87. The molecule has 4 rings (SSSR count). The van der Waals surface area contributed by atoms with Gasteiger partial charge in [-0.15, -0.1) is 22.7 Å². The maximum atomic E-state index is 13.1.